The largest absolute Gasteiger partial charge is 2.00 e. The molecular weight excluding hydrogens is 325 g/mol. The summed E-state index contributed by atoms with van der Waals surface area (Å²) >= 11 is 0. The number of rotatable bonds is 4. The molecule has 0 bridgehead atoms. The fourth-order valence-corrected chi connectivity index (χ4v) is 4.50. The van der Waals surface area contributed by atoms with Crippen LogP contribution < -0.4 is 0 Å². The Morgan fingerprint density at radius 2 is 0.765 bits per heavy atom. The van der Waals surface area contributed by atoms with Crippen LogP contribution >= 0.6 is 0 Å². The van der Waals surface area contributed by atoms with Crippen LogP contribution in [0.15, 0.2) is 0 Å². The van der Waals surface area contributed by atoms with Crippen LogP contribution in [-0.2, 0) is 19.5 Å². The molecule has 0 atom stereocenters. The smallest absolute Gasteiger partial charge is 0.358 e. The third-order valence-electron chi connectivity index (χ3n) is 2.00. The van der Waals surface area contributed by atoms with E-state index in [4.69, 9.17) is 0 Å². The quantitative estimate of drug-likeness (QED) is 0.402. The second kappa shape index (κ2) is 15.1. The minimum atomic E-state index is -0.657. The van der Waals surface area contributed by atoms with Gasteiger partial charge in [0.15, 0.2) is 0 Å². The topological polar surface area (TPSA) is 0 Å². The SMILES string of the molecule is CCC[Si](C)(C)C.CCC[Si](C)(C)C.[CH3-].[CH3-].[Ru+2]. The maximum Gasteiger partial charge on any atom is 2.00 e. The third-order valence-corrected chi connectivity index (χ3v) is 6.00. The minimum absolute atomic E-state index is 0. The Morgan fingerprint density at radius 1 is 0.588 bits per heavy atom. The molecule has 0 aliphatic rings. The van der Waals surface area contributed by atoms with Gasteiger partial charge in [0.1, 0.15) is 0 Å². The second-order valence-corrected chi connectivity index (χ2v) is 17.9. The van der Waals surface area contributed by atoms with Gasteiger partial charge in [-0.3, -0.25) is 0 Å². The number of hydrogen-bond acceptors (Lipinski definition) is 0. The molecule has 0 amide bonds. The molecule has 0 nitrogen and oxygen atoms in total. The standard InChI is InChI=1S/2C6H16Si.2CH3.Ru/c2*1-5-6-7(2,3)4;;;/h2*5-6H2,1-4H3;2*1H3;/q;;2*-1;+2. The third kappa shape index (κ3) is 47.1. The molecule has 0 rings (SSSR count). The van der Waals surface area contributed by atoms with Crippen LogP contribution in [0.3, 0.4) is 0 Å². The molecule has 3 heteroatoms. The first-order valence-corrected chi connectivity index (χ1v) is 13.5. The fourth-order valence-electron chi connectivity index (χ4n) is 1.50. The van der Waals surface area contributed by atoms with Crippen LogP contribution in [0.25, 0.3) is 0 Å². The van der Waals surface area contributed by atoms with Crippen molar-refractivity contribution in [2.75, 3.05) is 0 Å². The molecule has 0 N–H and O–H groups in total. The van der Waals surface area contributed by atoms with E-state index in [-0.39, 0.29) is 34.3 Å². The van der Waals surface area contributed by atoms with Crippen molar-refractivity contribution in [2.24, 2.45) is 0 Å². The maximum absolute atomic E-state index is 2.41. The molecule has 0 spiro atoms. The normalized spacial score (nSPS) is 9.88. The van der Waals surface area contributed by atoms with Gasteiger partial charge in [0.05, 0.1) is 0 Å². The summed E-state index contributed by atoms with van der Waals surface area (Å²) in [6, 6.07) is 2.96. The first-order chi connectivity index (χ1) is 6.12. The van der Waals surface area contributed by atoms with E-state index in [2.05, 4.69) is 53.1 Å². The summed E-state index contributed by atoms with van der Waals surface area (Å²) in [5.74, 6) is 0. The van der Waals surface area contributed by atoms with Gasteiger partial charge in [-0.05, 0) is 0 Å². The molecule has 0 heterocycles. The zero-order chi connectivity index (χ0) is 11.8. The summed E-state index contributed by atoms with van der Waals surface area (Å²) in [7, 11) is -1.31. The second-order valence-electron chi connectivity index (χ2n) is 6.62. The van der Waals surface area contributed by atoms with Gasteiger partial charge in [0.25, 0.3) is 0 Å². The van der Waals surface area contributed by atoms with Gasteiger partial charge < -0.3 is 14.9 Å². The molecule has 0 aromatic carbocycles. The van der Waals surface area contributed by atoms with Crippen LogP contribution in [0, 0.1) is 14.9 Å². The molecule has 0 aromatic rings. The van der Waals surface area contributed by atoms with E-state index in [1.807, 2.05) is 0 Å². The van der Waals surface area contributed by atoms with Gasteiger partial charge in [-0.15, -0.1) is 0 Å². The van der Waals surface area contributed by atoms with Gasteiger partial charge in [0.2, 0.25) is 0 Å². The van der Waals surface area contributed by atoms with Crippen LogP contribution in [-0.4, -0.2) is 16.1 Å². The van der Waals surface area contributed by atoms with Gasteiger partial charge in [-0.25, -0.2) is 0 Å². The molecule has 0 saturated carbocycles. The Balaban J connectivity index is -0.0000000480. The van der Waals surface area contributed by atoms with Crippen molar-refractivity contribution in [2.45, 2.75) is 78.1 Å². The summed E-state index contributed by atoms with van der Waals surface area (Å²) < 4.78 is 0. The average molecular weight is 364 g/mol. The summed E-state index contributed by atoms with van der Waals surface area (Å²) in [5, 5.41) is 0. The predicted molar refractivity (Wildman–Crippen MR) is 89.7 cm³/mol. The van der Waals surface area contributed by atoms with Gasteiger partial charge in [-0.2, -0.15) is 0 Å². The molecule has 110 valence electrons. The Labute approximate surface area is 128 Å². The van der Waals surface area contributed by atoms with Crippen molar-refractivity contribution >= 4 is 16.1 Å². The van der Waals surface area contributed by atoms with Crippen LogP contribution in [0.2, 0.25) is 51.4 Å². The Hall–Kier alpha value is 1.06. The number of hydrogen-bond donors (Lipinski definition) is 0. The van der Waals surface area contributed by atoms with E-state index < -0.39 is 16.1 Å². The Bertz CT molecular complexity index is 107. The zero-order valence-corrected chi connectivity index (χ0v) is 17.9. The average Bonchev–Trinajstić information content (AvgIpc) is 1.81. The van der Waals surface area contributed by atoms with E-state index in [0.29, 0.717) is 0 Å². The van der Waals surface area contributed by atoms with E-state index in [0.717, 1.165) is 0 Å². The first-order valence-electron chi connectivity index (χ1n) is 6.12. The molecule has 0 saturated heterocycles. The molecule has 0 aliphatic carbocycles. The van der Waals surface area contributed by atoms with Gasteiger partial charge in [0, 0.05) is 16.1 Å². The maximum atomic E-state index is 2.41. The summed E-state index contributed by atoms with van der Waals surface area (Å²) in [4.78, 5) is 0. The molecule has 0 aliphatic heterocycles. The van der Waals surface area contributed by atoms with Crippen molar-refractivity contribution in [3.8, 4) is 0 Å². The summed E-state index contributed by atoms with van der Waals surface area (Å²) in [6.07, 6.45) is 2.74. The summed E-state index contributed by atoms with van der Waals surface area (Å²) in [6.45, 7) is 19.0. The van der Waals surface area contributed by atoms with Crippen LogP contribution in [0.1, 0.15) is 26.7 Å². The minimum Gasteiger partial charge on any atom is -0.358 e. The Morgan fingerprint density at radius 3 is 0.765 bits per heavy atom. The predicted octanol–water partition coefficient (Wildman–Crippen LogP) is 6.37. The van der Waals surface area contributed by atoms with Crippen molar-refractivity contribution < 1.29 is 19.5 Å². The van der Waals surface area contributed by atoms with Crippen molar-refractivity contribution in [1.29, 1.82) is 0 Å². The molecule has 0 unspecified atom stereocenters. The first kappa shape index (κ1) is 30.8. The molecular formula is C14H38RuSi2. The fraction of sp³-hybridized carbons (Fsp3) is 0.857. The molecule has 0 fully saturated rings. The van der Waals surface area contributed by atoms with Crippen LogP contribution in [0.4, 0.5) is 0 Å². The van der Waals surface area contributed by atoms with E-state index in [1.54, 1.807) is 0 Å². The van der Waals surface area contributed by atoms with Crippen LogP contribution in [0.5, 0.6) is 0 Å². The van der Waals surface area contributed by atoms with Crippen molar-refractivity contribution in [3.63, 3.8) is 0 Å². The monoisotopic (exact) mass is 364 g/mol. The van der Waals surface area contributed by atoms with Crippen molar-refractivity contribution in [3.05, 3.63) is 14.9 Å². The van der Waals surface area contributed by atoms with Crippen molar-refractivity contribution in [1.82, 2.24) is 0 Å². The van der Waals surface area contributed by atoms with Gasteiger partial charge in [-0.1, -0.05) is 78.1 Å². The molecule has 0 aromatic heterocycles. The Kier molecular flexibility index (Phi) is 27.4. The molecule has 17 heavy (non-hydrogen) atoms. The van der Waals surface area contributed by atoms with Gasteiger partial charge >= 0.3 is 19.5 Å². The zero-order valence-electron chi connectivity index (χ0n) is 14.2. The van der Waals surface area contributed by atoms with E-state index in [1.165, 1.54) is 24.9 Å². The van der Waals surface area contributed by atoms with E-state index in [9.17, 15) is 0 Å². The van der Waals surface area contributed by atoms with E-state index >= 15 is 0 Å². The molecule has 0 radical (unpaired) electrons. The summed E-state index contributed by atoms with van der Waals surface area (Å²) in [5.41, 5.74) is 0.